The van der Waals surface area contributed by atoms with Crippen molar-refractivity contribution in [2.45, 2.75) is 39.8 Å². The number of hydrogen-bond donors (Lipinski definition) is 1. The average molecular weight is 211 g/mol. The second-order valence-corrected chi connectivity index (χ2v) is 3.75. The van der Waals surface area contributed by atoms with Gasteiger partial charge in [0.15, 0.2) is 0 Å². The molecule has 0 aliphatic heterocycles. The lowest BCUT2D eigenvalue weighted by Crippen LogP contribution is -2.25. The number of rotatable bonds is 6. The Morgan fingerprint density at radius 1 is 1.53 bits per heavy atom. The van der Waals surface area contributed by atoms with E-state index in [0.29, 0.717) is 6.54 Å². The third-order valence-corrected chi connectivity index (χ3v) is 2.43. The fraction of sp³-hybridized carbons (Fsp3) is 0.727. The molecule has 0 aliphatic carbocycles. The van der Waals surface area contributed by atoms with Crippen molar-refractivity contribution >= 4 is 0 Å². The number of nitrogens with two attached hydrogens (primary N) is 1. The van der Waals surface area contributed by atoms with E-state index >= 15 is 0 Å². The molecule has 4 heteroatoms. The van der Waals surface area contributed by atoms with Gasteiger partial charge in [-0.25, -0.2) is 0 Å². The van der Waals surface area contributed by atoms with Crippen LogP contribution in [0.15, 0.2) is 6.07 Å². The van der Waals surface area contributed by atoms with Gasteiger partial charge in [0.2, 0.25) is 0 Å². The van der Waals surface area contributed by atoms with E-state index in [1.807, 2.05) is 18.5 Å². The lowest BCUT2D eigenvalue weighted by atomic mass is 10.2. The lowest BCUT2D eigenvalue weighted by Gasteiger charge is -2.14. The van der Waals surface area contributed by atoms with Crippen LogP contribution in [0.4, 0.5) is 0 Å². The Labute approximate surface area is 91.4 Å². The van der Waals surface area contributed by atoms with Gasteiger partial charge in [-0.3, -0.25) is 4.68 Å². The molecular weight excluding hydrogens is 190 g/mol. The molecule has 1 aromatic rings. The van der Waals surface area contributed by atoms with Crippen molar-refractivity contribution in [1.29, 1.82) is 0 Å². The summed E-state index contributed by atoms with van der Waals surface area (Å²) in [6.45, 7) is 8.24. The molecule has 15 heavy (non-hydrogen) atoms. The molecule has 1 unspecified atom stereocenters. The summed E-state index contributed by atoms with van der Waals surface area (Å²) in [4.78, 5) is 0. The van der Waals surface area contributed by atoms with Crippen LogP contribution in [-0.2, 0) is 11.3 Å². The van der Waals surface area contributed by atoms with E-state index in [0.717, 1.165) is 25.3 Å². The van der Waals surface area contributed by atoms with Crippen molar-refractivity contribution in [3.63, 3.8) is 0 Å². The van der Waals surface area contributed by atoms with Gasteiger partial charge in [-0.15, -0.1) is 0 Å². The van der Waals surface area contributed by atoms with E-state index in [1.54, 1.807) is 0 Å². The minimum Gasteiger partial charge on any atom is -0.377 e. The number of ether oxygens (including phenoxy) is 1. The van der Waals surface area contributed by atoms with Crippen LogP contribution in [0, 0.1) is 13.8 Å². The largest absolute Gasteiger partial charge is 0.377 e. The van der Waals surface area contributed by atoms with Crippen LogP contribution in [0.25, 0.3) is 0 Å². The first-order valence-corrected chi connectivity index (χ1v) is 5.50. The fourth-order valence-corrected chi connectivity index (χ4v) is 1.67. The summed E-state index contributed by atoms with van der Waals surface area (Å²) >= 11 is 0. The maximum absolute atomic E-state index is 5.61. The monoisotopic (exact) mass is 211 g/mol. The molecular formula is C11H21N3O. The Morgan fingerprint density at radius 3 is 2.73 bits per heavy atom. The molecule has 0 amide bonds. The number of nitrogens with zero attached hydrogens (tertiary/aromatic N) is 2. The van der Waals surface area contributed by atoms with Crippen molar-refractivity contribution in [1.82, 2.24) is 9.78 Å². The first-order valence-electron chi connectivity index (χ1n) is 5.50. The Kier molecular flexibility index (Phi) is 4.78. The molecule has 0 fully saturated rings. The van der Waals surface area contributed by atoms with Crippen LogP contribution < -0.4 is 5.73 Å². The molecule has 0 bridgehead atoms. The normalized spacial score (nSPS) is 13.1. The Bertz CT molecular complexity index is 296. The van der Waals surface area contributed by atoms with Gasteiger partial charge >= 0.3 is 0 Å². The predicted octanol–water partition coefficient (Wildman–Crippen LogP) is 1.25. The molecule has 1 aromatic heterocycles. The highest BCUT2D eigenvalue weighted by Crippen LogP contribution is 2.05. The highest BCUT2D eigenvalue weighted by atomic mass is 16.5. The van der Waals surface area contributed by atoms with E-state index in [-0.39, 0.29) is 6.10 Å². The molecule has 2 N–H and O–H groups in total. The smallest absolute Gasteiger partial charge is 0.0714 e. The van der Waals surface area contributed by atoms with Gasteiger partial charge < -0.3 is 10.5 Å². The zero-order chi connectivity index (χ0) is 11.3. The minimum absolute atomic E-state index is 0.152. The molecule has 86 valence electrons. The maximum Gasteiger partial charge on any atom is 0.0714 e. The molecule has 1 heterocycles. The van der Waals surface area contributed by atoms with E-state index in [2.05, 4.69) is 18.1 Å². The summed E-state index contributed by atoms with van der Waals surface area (Å²) in [5.41, 5.74) is 7.87. The van der Waals surface area contributed by atoms with E-state index in [9.17, 15) is 0 Å². The zero-order valence-electron chi connectivity index (χ0n) is 9.86. The molecule has 0 radical (unpaired) electrons. The minimum atomic E-state index is 0.152. The van der Waals surface area contributed by atoms with Gasteiger partial charge in [0, 0.05) is 25.4 Å². The number of hydrogen-bond acceptors (Lipinski definition) is 3. The molecule has 1 rings (SSSR count). The third kappa shape index (κ3) is 3.64. The molecule has 4 nitrogen and oxygen atoms in total. The summed E-state index contributed by atoms with van der Waals surface area (Å²) in [5, 5.41) is 4.40. The van der Waals surface area contributed by atoms with Gasteiger partial charge in [-0.05, 0) is 33.3 Å². The van der Waals surface area contributed by atoms with Gasteiger partial charge in [0.1, 0.15) is 0 Å². The fourth-order valence-electron chi connectivity index (χ4n) is 1.67. The van der Waals surface area contributed by atoms with E-state index < -0.39 is 0 Å². The Hall–Kier alpha value is -0.870. The summed E-state index contributed by atoms with van der Waals surface area (Å²) in [7, 11) is 0. The van der Waals surface area contributed by atoms with Crippen molar-refractivity contribution < 1.29 is 4.74 Å². The van der Waals surface area contributed by atoms with Crippen LogP contribution in [0.3, 0.4) is 0 Å². The molecule has 0 aromatic carbocycles. The van der Waals surface area contributed by atoms with Gasteiger partial charge in [0.25, 0.3) is 0 Å². The van der Waals surface area contributed by atoms with E-state index in [1.165, 1.54) is 5.69 Å². The molecule has 1 atom stereocenters. The van der Waals surface area contributed by atoms with Crippen molar-refractivity contribution in [3.8, 4) is 0 Å². The van der Waals surface area contributed by atoms with Crippen LogP contribution in [0.2, 0.25) is 0 Å². The van der Waals surface area contributed by atoms with Crippen LogP contribution in [0.5, 0.6) is 0 Å². The number of aryl methyl sites for hydroxylation is 3. The highest BCUT2D eigenvalue weighted by molar-refractivity contribution is 5.06. The second kappa shape index (κ2) is 5.88. The quantitative estimate of drug-likeness (QED) is 0.770. The molecule has 0 saturated heterocycles. The standard InChI is InChI=1S/C11H21N3O/c1-4-15-11(8-12)5-6-14-10(3)7-9(2)13-14/h7,11H,4-6,8,12H2,1-3H3. The molecule has 0 saturated carbocycles. The van der Waals surface area contributed by atoms with Crippen molar-refractivity contribution in [2.75, 3.05) is 13.2 Å². The van der Waals surface area contributed by atoms with E-state index in [4.69, 9.17) is 10.5 Å². The number of aromatic nitrogens is 2. The first-order chi connectivity index (χ1) is 7.17. The maximum atomic E-state index is 5.61. The van der Waals surface area contributed by atoms with Crippen LogP contribution >= 0.6 is 0 Å². The Morgan fingerprint density at radius 2 is 2.27 bits per heavy atom. The summed E-state index contributed by atoms with van der Waals surface area (Å²) in [6.07, 6.45) is 1.07. The summed E-state index contributed by atoms with van der Waals surface area (Å²) in [6, 6.07) is 2.08. The van der Waals surface area contributed by atoms with Gasteiger partial charge in [0.05, 0.1) is 11.8 Å². The highest BCUT2D eigenvalue weighted by Gasteiger charge is 2.07. The van der Waals surface area contributed by atoms with Gasteiger partial charge in [-0.1, -0.05) is 0 Å². The predicted molar refractivity (Wildman–Crippen MR) is 60.8 cm³/mol. The SMILES string of the molecule is CCOC(CN)CCn1nc(C)cc1C. The van der Waals surface area contributed by atoms with Crippen molar-refractivity contribution in [3.05, 3.63) is 17.5 Å². The average Bonchev–Trinajstić information content (AvgIpc) is 2.52. The summed E-state index contributed by atoms with van der Waals surface area (Å²) in [5.74, 6) is 0. The topological polar surface area (TPSA) is 53.1 Å². The molecule has 0 aliphatic rings. The Balaban J connectivity index is 2.44. The van der Waals surface area contributed by atoms with Crippen molar-refractivity contribution in [2.24, 2.45) is 5.73 Å². The second-order valence-electron chi connectivity index (χ2n) is 3.75. The first kappa shape index (κ1) is 12.2. The zero-order valence-corrected chi connectivity index (χ0v) is 9.86. The third-order valence-electron chi connectivity index (χ3n) is 2.43. The summed E-state index contributed by atoms with van der Waals surface area (Å²) < 4.78 is 7.50. The van der Waals surface area contributed by atoms with Gasteiger partial charge in [-0.2, -0.15) is 5.10 Å². The van der Waals surface area contributed by atoms with Crippen LogP contribution in [-0.4, -0.2) is 29.0 Å². The lowest BCUT2D eigenvalue weighted by molar-refractivity contribution is 0.0590. The molecule has 0 spiro atoms. The van der Waals surface area contributed by atoms with Crippen LogP contribution in [0.1, 0.15) is 24.7 Å².